The molecule has 0 radical (unpaired) electrons. The number of epoxide rings is 1. The molecule has 2 atom stereocenters. The Balaban J connectivity index is 2.39. The van der Waals surface area contributed by atoms with Crippen molar-refractivity contribution in [3.63, 3.8) is 0 Å². The summed E-state index contributed by atoms with van der Waals surface area (Å²) in [6.07, 6.45) is 10.4. The van der Waals surface area contributed by atoms with Gasteiger partial charge in [0.15, 0.2) is 5.79 Å². The second-order valence-electron chi connectivity index (χ2n) is 6.95. The lowest BCUT2D eigenvalue weighted by Crippen LogP contribution is -2.41. The molecule has 1 saturated heterocycles. The van der Waals surface area contributed by atoms with Gasteiger partial charge in [-0.05, 0) is 33.6 Å². The van der Waals surface area contributed by atoms with Crippen LogP contribution in [0.15, 0.2) is 0 Å². The topological polar surface area (TPSA) is 40.2 Å². The average molecular weight is 345 g/mol. The van der Waals surface area contributed by atoms with Crippen LogP contribution in [0.4, 0.5) is 0 Å². The van der Waals surface area contributed by atoms with Crippen LogP contribution in [-0.4, -0.2) is 44.9 Å². The summed E-state index contributed by atoms with van der Waals surface area (Å²) in [5.41, 5.74) is 0. The molecule has 0 aliphatic carbocycles. The van der Waals surface area contributed by atoms with E-state index in [0.29, 0.717) is 25.2 Å². The maximum absolute atomic E-state index is 6.02. The molecular weight excluding hydrogens is 304 g/mol. The van der Waals surface area contributed by atoms with E-state index < -0.39 is 5.79 Å². The van der Waals surface area contributed by atoms with E-state index in [4.69, 9.17) is 18.9 Å². The molecule has 4 nitrogen and oxygen atoms in total. The zero-order valence-corrected chi connectivity index (χ0v) is 16.5. The number of hydrogen-bond donors (Lipinski definition) is 0. The molecule has 0 saturated carbocycles. The molecule has 0 N–H and O–H groups in total. The van der Waals surface area contributed by atoms with E-state index in [2.05, 4.69) is 13.8 Å². The van der Waals surface area contributed by atoms with Crippen molar-refractivity contribution in [2.45, 2.75) is 91.0 Å². The Morgan fingerprint density at radius 3 is 2.17 bits per heavy atom. The number of rotatable bonds is 17. The zero-order chi connectivity index (χ0) is 17.7. The summed E-state index contributed by atoms with van der Waals surface area (Å²) in [6, 6.07) is 0. The SMILES string of the molecule is CCCCCCCCC(CCOCC1CO1)C(C)(OCC)OCC. The van der Waals surface area contributed by atoms with Crippen molar-refractivity contribution in [2.24, 2.45) is 5.92 Å². The van der Waals surface area contributed by atoms with E-state index in [-0.39, 0.29) is 0 Å². The van der Waals surface area contributed by atoms with Gasteiger partial charge in [0, 0.05) is 25.7 Å². The fraction of sp³-hybridized carbons (Fsp3) is 1.00. The summed E-state index contributed by atoms with van der Waals surface area (Å²) in [4.78, 5) is 0. The van der Waals surface area contributed by atoms with Gasteiger partial charge in [-0.15, -0.1) is 0 Å². The zero-order valence-electron chi connectivity index (χ0n) is 16.5. The highest BCUT2D eigenvalue weighted by Crippen LogP contribution is 2.31. The lowest BCUT2D eigenvalue weighted by Gasteiger charge is -2.37. The van der Waals surface area contributed by atoms with E-state index in [1.807, 2.05) is 13.8 Å². The molecule has 1 fully saturated rings. The van der Waals surface area contributed by atoms with Crippen molar-refractivity contribution in [3.8, 4) is 0 Å². The maximum atomic E-state index is 6.02. The maximum Gasteiger partial charge on any atom is 0.168 e. The smallest absolute Gasteiger partial charge is 0.168 e. The third kappa shape index (κ3) is 9.36. The Bertz CT molecular complexity index is 285. The van der Waals surface area contributed by atoms with Crippen LogP contribution < -0.4 is 0 Å². The lowest BCUT2D eigenvalue weighted by atomic mass is 9.90. The minimum atomic E-state index is -0.494. The third-order valence-corrected chi connectivity index (χ3v) is 4.83. The molecule has 0 aromatic carbocycles. The van der Waals surface area contributed by atoms with E-state index >= 15 is 0 Å². The molecule has 4 heteroatoms. The molecule has 0 aromatic rings. The van der Waals surface area contributed by atoms with Gasteiger partial charge < -0.3 is 18.9 Å². The normalized spacial score (nSPS) is 18.8. The summed E-state index contributed by atoms with van der Waals surface area (Å²) in [7, 11) is 0. The van der Waals surface area contributed by atoms with Crippen LogP contribution in [0.1, 0.15) is 79.1 Å². The molecule has 144 valence electrons. The fourth-order valence-corrected chi connectivity index (χ4v) is 3.29. The summed E-state index contributed by atoms with van der Waals surface area (Å²) in [5.74, 6) is -0.115. The predicted molar refractivity (Wildman–Crippen MR) is 98.3 cm³/mol. The van der Waals surface area contributed by atoms with Crippen LogP contribution in [0.3, 0.4) is 0 Å². The number of hydrogen-bond acceptors (Lipinski definition) is 4. The van der Waals surface area contributed by atoms with Crippen LogP contribution in [0.2, 0.25) is 0 Å². The van der Waals surface area contributed by atoms with E-state index in [9.17, 15) is 0 Å². The van der Waals surface area contributed by atoms with Gasteiger partial charge >= 0.3 is 0 Å². The molecular formula is C20H40O4. The van der Waals surface area contributed by atoms with Gasteiger partial charge in [0.1, 0.15) is 6.10 Å². The first kappa shape index (κ1) is 21.9. The second-order valence-corrected chi connectivity index (χ2v) is 6.95. The molecule has 0 bridgehead atoms. The highest BCUT2D eigenvalue weighted by molar-refractivity contribution is 4.76. The standard InChI is InChI=1S/C20H40O4/c1-5-8-9-10-11-12-13-18(14-15-21-16-19-17-22-19)20(4,23-6-2)24-7-3/h18-19H,5-17H2,1-4H3. The Morgan fingerprint density at radius 1 is 0.958 bits per heavy atom. The van der Waals surface area contributed by atoms with Crippen molar-refractivity contribution in [3.05, 3.63) is 0 Å². The molecule has 1 aliphatic rings. The van der Waals surface area contributed by atoms with Crippen molar-refractivity contribution in [1.29, 1.82) is 0 Å². The van der Waals surface area contributed by atoms with Crippen molar-refractivity contribution in [1.82, 2.24) is 0 Å². The van der Waals surface area contributed by atoms with Crippen LogP contribution in [0.25, 0.3) is 0 Å². The first-order chi connectivity index (χ1) is 11.7. The molecule has 0 spiro atoms. The monoisotopic (exact) mass is 344 g/mol. The summed E-state index contributed by atoms with van der Waals surface area (Å²) >= 11 is 0. The van der Waals surface area contributed by atoms with Crippen molar-refractivity contribution >= 4 is 0 Å². The molecule has 1 aliphatic heterocycles. The number of unbranched alkanes of at least 4 members (excludes halogenated alkanes) is 5. The first-order valence-electron chi connectivity index (χ1n) is 10.1. The van der Waals surface area contributed by atoms with Crippen molar-refractivity contribution < 1.29 is 18.9 Å². The van der Waals surface area contributed by atoms with Crippen LogP contribution >= 0.6 is 0 Å². The molecule has 24 heavy (non-hydrogen) atoms. The predicted octanol–water partition coefficient (Wildman–Crippen LogP) is 4.95. The largest absolute Gasteiger partial charge is 0.379 e. The Labute approximate surface area is 149 Å². The molecule has 2 unspecified atom stereocenters. The van der Waals surface area contributed by atoms with Gasteiger partial charge in [0.25, 0.3) is 0 Å². The fourth-order valence-electron chi connectivity index (χ4n) is 3.29. The third-order valence-electron chi connectivity index (χ3n) is 4.83. The van der Waals surface area contributed by atoms with Gasteiger partial charge in [0.05, 0.1) is 13.2 Å². The quantitative estimate of drug-likeness (QED) is 0.213. The molecule has 0 amide bonds. The average Bonchev–Trinajstić information content (AvgIpc) is 3.37. The Morgan fingerprint density at radius 2 is 1.58 bits per heavy atom. The first-order valence-corrected chi connectivity index (χ1v) is 10.1. The highest BCUT2D eigenvalue weighted by atomic mass is 16.7. The summed E-state index contributed by atoms with van der Waals surface area (Å²) in [5, 5.41) is 0. The van der Waals surface area contributed by atoms with Crippen LogP contribution in [0, 0.1) is 5.92 Å². The number of ether oxygens (including phenoxy) is 4. The van der Waals surface area contributed by atoms with Gasteiger partial charge in [0.2, 0.25) is 0 Å². The molecule has 1 rings (SSSR count). The Hall–Kier alpha value is -0.160. The van der Waals surface area contributed by atoms with Gasteiger partial charge in [-0.1, -0.05) is 45.4 Å². The minimum absolute atomic E-state index is 0.340. The van der Waals surface area contributed by atoms with E-state index in [0.717, 1.165) is 32.7 Å². The summed E-state index contributed by atoms with van der Waals surface area (Å²) in [6.45, 7) is 12.2. The second kappa shape index (κ2) is 13.1. The van der Waals surface area contributed by atoms with Crippen molar-refractivity contribution in [2.75, 3.05) is 33.0 Å². The van der Waals surface area contributed by atoms with Gasteiger partial charge in [-0.25, -0.2) is 0 Å². The summed E-state index contributed by atoms with van der Waals surface area (Å²) < 4.78 is 23.0. The van der Waals surface area contributed by atoms with Crippen LogP contribution in [0.5, 0.6) is 0 Å². The van der Waals surface area contributed by atoms with Gasteiger partial charge in [-0.3, -0.25) is 0 Å². The minimum Gasteiger partial charge on any atom is -0.379 e. The van der Waals surface area contributed by atoms with E-state index in [1.54, 1.807) is 0 Å². The lowest BCUT2D eigenvalue weighted by molar-refractivity contribution is -0.255. The molecule has 0 aromatic heterocycles. The van der Waals surface area contributed by atoms with E-state index in [1.165, 1.54) is 38.5 Å². The highest BCUT2D eigenvalue weighted by Gasteiger charge is 2.35. The molecule has 1 heterocycles. The Kier molecular flexibility index (Phi) is 11.9. The van der Waals surface area contributed by atoms with Gasteiger partial charge in [-0.2, -0.15) is 0 Å². The van der Waals surface area contributed by atoms with Crippen LogP contribution in [-0.2, 0) is 18.9 Å².